The fraction of sp³-hybridized carbons (Fsp3) is 0.385. The minimum atomic E-state index is -3.81. The quantitative estimate of drug-likeness (QED) is 0.588. The van der Waals surface area contributed by atoms with Crippen LogP contribution in [0.1, 0.15) is 17.0 Å². The molecule has 0 amide bonds. The maximum atomic E-state index is 12.2. The molecule has 0 aliphatic carbocycles. The summed E-state index contributed by atoms with van der Waals surface area (Å²) < 4.78 is 52.9. The molecule has 0 radical (unpaired) electrons. The molecule has 0 atom stereocenters. The molecule has 2 rings (SSSR count). The van der Waals surface area contributed by atoms with E-state index in [0.717, 1.165) is 0 Å². The van der Waals surface area contributed by atoms with Crippen LogP contribution in [-0.2, 0) is 26.6 Å². The lowest BCUT2D eigenvalue weighted by Gasteiger charge is -2.09. The Balaban J connectivity index is 1.91. The first kappa shape index (κ1) is 18.5. The number of aromatic amines is 1. The largest absolute Gasteiger partial charge is 0.281 e. The molecule has 2 aromatic heterocycles. The summed E-state index contributed by atoms with van der Waals surface area (Å²) in [5.41, 5.74) is 1.45. The molecule has 0 fully saturated rings. The number of nitrogens with one attached hydrogen (secondary N) is 3. The maximum absolute atomic E-state index is 12.2. The molecule has 11 heteroatoms. The number of pyridine rings is 1. The van der Waals surface area contributed by atoms with Gasteiger partial charge in [-0.1, -0.05) is 6.07 Å². The summed E-state index contributed by atoms with van der Waals surface area (Å²) in [6, 6.07) is 3.44. The number of aromatic nitrogens is 3. The Labute approximate surface area is 141 Å². The van der Waals surface area contributed by atoms with Crippen molar-refractivity contribution in [3.63, 3.8) is 0 Å². The SMILES string of the molecule is Cc1n[nH]c(C)c1S(=O)(=O)NCCS(=O)(=O)NCc1cccnc1. The van der Waals surface area contributed by atoms with Gasteiger partial charge in [0.25, 0.3) is 0 Å². The van der Waals surface area contributed by atoms with E-state index >= 15 is 0 Å². The van der Waals surface area contributed by atoms with E-state index in [-0.39, 0.29) is 23.7 Å². The average Bonchev–Trinajstić information content (AvgIpc) is 2.86. The smallest absolute Gasteiger partial charge is 0.244 e. The summed E-state index contributed by atoms with van der Waals surface area (Å²) in [4.78, 5) is 3.93. The molecule has 0 aliphatic rings. The van der Waals surface area contributed by atoms with E-state index in [4.69, 9.17) is 0 Å². The molecule has 0 aromatic carbocycles. The van der Waals surface area contributed by atoms with E-state index in [9.17, 15) is 16.8 Å². The highest BCUT2D eigenvalue weighted by Gasteiger charge is 2.22. The molecule has 0 saturated heterocycles. The predicted octanol–water partition coefficient (Wildman–Crippen LogP) is -0.181. The van der Waals surface area contributed by atoms with Crippen LogP contribution in [-0.4, -0.2) is 44.3 Å². The minimum absolute atomic E-state index is 0.0446. The van der Waals surface area contributed by atoms with Gasteiger partial charge in [-0.15, -0.1) is 0 Å². The normalized spacial score (nSPS) is 12.4. The molecule has 24 heavy (non-hydrogen) atoms. The highest BCUT2D eigenvalue weighted by Crippen LogP contribution is 2.15. The second kappa shape index (κ2) is 7.38. The Kier molecular flexibility index (Phi) is 5.70. The molecule has 2 aromatic rings. The van der Waals surface area contributed by atoms with Crippen LogP contribution in [0.3, 0.4) is 0 Å². The van der Waals surface area contributed by atoms with E-state index < -0.39 is 20.0 Å². The Morgan fingerprint density at radius 3 is 2.50 bits per heavy atom. The van der Waals surface area contributed by atoms with Gasteiger partial charge in [-0.25, -0.2) is 26.3 Å². The lowest BCUT2D eigenvalue weighted by atomic mass is 10.3. The van der Waals surface area contributed by atoms with E-state index in [1.54, 1.807) is 38.4 Å². The van der Waals surface area contributed by atoms with Crippen LogP contribution in [0.4, 0.5) is 0 Å². The van der Waals surface area contributed by atoms with Crippen molar-refractivity contribution in [3.8, 4) is 0 Å². The highest BCUT2D eigenvalue weighted by molar-refractivity contribution is 7.90. The standard InChI is InChI=1S/C13H19N5O4S2/c1-10-13(11(2)18-17-10)24(21,22)15-6-7-23(19,20)16-9-12-4-3-5-14-8-12/h3-5,8,15-16H,6-7,9H2,1-2H3,(H,17,18). The lowest BCUT2D eigenvalue weighted by molar-refractivity contribution is 0.574. The van der Waals surface area contributed by atoms with Crippen molar-refractivity contribution in [2.75, 3.05) is 12.3 Å². The van der Waals surface area contributed by atoms with E-state index in [1.165, 1.54) is 0 Å². The van der Waals surface area contributed by atoms with Gasteiger partial charge in [0.15, 0.2) is 0 Å². The zero-order valence-electron chi connectivity index (χ0n) is 13.3. The first-order valence-corrected chi connectivity index (χ1v) is 10.2. The predicted molar refractivity (Wildman–Crippen MR) is 88.1 cm³/mol. The molecule has 0 spiro atoms. The summed E-state index contributed by atoms with van der Waals surface area (Å²) in [6.07, 6.45) is 3.14. The van der Waals surface area contributed by atoms with E-state index in [0.29, 0.717) is 17.0 Å². The Bertz CT molecular complexity index is 872. The first-order chi connectivity index (χ1) is 11.2. The van der Waals surface area contributed by atoms with Crippen molar-refractivity contribution < 1.29 is 16.8 Å². The average molecular weight is 373 g/mol. The van der Waals surface area contributed by atoms with Gasteiger partial charge in [-0.2, -0.15) is 5.10 Å². The van der Waals surface area contributed by atoms with Gasteiger partial charge in [0, 0.05) is 25.5 Å². The third-order valence-electron chi connectivity index (χ3n) is 3.21. The lowest BCUT2D eigenvalue weighted by Crippen LogP contribution is -2.34. The van der Waals surface area contributed by atoms with Crippen LogP contribution < -0.4 is 9.44 Å². The van der Waals surface area contributed by atoms with Gasteiger partial charge in [-0.05, 0) is 25.5 Å². The molecule has 0 unspecified atom stereocenters. The van der Waals surface area contributed by atoms with Crippen molar-refractivity contribution in [2.24, 2.45) is 0 Å². The maximum Gasteiger partial charge on any atom is 0.244 e. The number of hydrogen-bond donors (Lipinski definition) is 3. The van der Waals surface area contributed by atoms with Crippen LogP contribution >= 0.6 is 0 Å². The molecule has 132 valence electrons. The van der Waals surface area contributed by atoms with Gasteiger partial charge in [0.05, 0.1) is 17.1 Å². The number of sulfonamides is 2. The molecule has 2 heterocycles. The van der Waals surface area contributed by atoms with Crippen LogP contribution in [0, 0.1) is 13.8 Å². The zero-order chi connectivity index (χ0) is 17.8. The summed E-state index contributed by atoms with van der Waals surface area (Å²) in [5, 5.41) is 6.40. The summed E-state index contributed by atoms with van der Waals surface area (Å²) in [6.45, 7) is 3.00. The molecule has 3 N–H and O–H groups in total. The number of rotatable bonds is 8. The number of hydrogen-bond acceptors (Lipinski definition) is 6. The van der Waals surface area contributed by atoms with Gasteiger partial charge in [-0.3, -0.25) is 10.1 Å². The molecule has 0 aliphatic heterocycles. The number of nitrogens with zero attached hydrogens (tertiary/aromatic N) is 2. The number of H-pyrrole nitrogens is 1. The summed E-state index contributed by atoms with van der Waals surface area (Å²) in [5.74, 6) is -0.373. The van der Waals surface area contributed by atoms with Crippen LogP contribution in [0.5, 0.6) is 0 Å². The first-order valence-electron chi connectivity index (χ1n) is 7.09. The minimum Gasteiger partial charge on any atom is -0.281 e. The molecular formula is C13H19N5O4S2. The summed E-state index contributed by atoms with van der Waals surface area (Å²) >= 11 is 0. The second-order valence-electron chi connectivity index (χ2n) is 5.16. The topological polar surface area (TPSA) is 134 Å². The summed E-state index contributed by atoms with van der Waals surface area (Å²) in [7, 11) is -7.43. The monoisotopic (exact) mass is 373 g/mol. The highest BCUT2D eigenvalue weighted by atomic mass is 32.2. The second-order valence-corrected chi connectivity index (χ2v) is 8.79. The molecule has 0 bridgehead atoms. The van der Waals surface area contributed by atoms with Gasteiger partial charge < -0.3 is 0 Å². The Hall–Kier alpha value is -1.82. The van der Waals surface area contributed by atoms with Gasteiger partial charge in [0.1, 0.15) is 4.90 Å². The van der Waals surface area contributed by atoms with Crippen LogP contribution in [0.15, 0.2) is 29.4 Å². The molecule has 0 saturated carbocycles. The van der Waals surface area contributed by atoms with Gasteiger partial charge >= 0.3 is 0 Å². The van der Waals surface area contributed by atoms with Crippen LogP contribution in [0.2, 0.25) is 0 Å². The van der Waals surface area contributed by atoms with E-state index in [1.807, 2.05) is 0 Å². The zero-order valence-corrected chi connectivity index (χ0v) is 14.9. The van der Waals surface area contributed by atoms with Gasteiger partial charge in [0.2, 0.25) is 20.0 Å². The van der Waals surface area contributed by atoms with Crippen LogP contribution in [0.25, 0.3) is 0 Å². The third-order valence-corrected chi connectivity index (χ3v) is 6.26. The van der Waals surface area contributed by atoms with Crippen molar-refractivity contribution in [2.45, 2.75) is 25.3 Å². The third kappa shape index (κ3) is 4.84. The Morgan fingerprint density at radius 2 is 1.92 bits per heavy atom. The van der Waals surface area contributed by atoms with E-state index in [2.05, 4.69) is 24.6 Å². The van der Waals surface area contributed by atoms with Crippen molar-refractivity contribution in [1.82, 2.24) is 24.6 Å². The molecule has 9 nitrogen and oxygen atoms in total. The number of aryl methyl sites for hydroxylation is 2. The van der Waals surface area contributed by atoms with Crippen molar-refractivity contribution in [1.29, 1.82) is 0 Å². The fourth-order valence-electron chi connectivity index (χ4n) is 2.09. The fourth-order valence-corrected chi connectivity index (χ4v) is 4.52. The Morgan fingerprint density at radius 1 is 1.17 bits per heavy atom. The van der Waals surface area contributed by atoms with Crippen molar-refractivity contribution in [3.05, 3.63) is 41.5 Å². The van der Waals surface area contributed by atoms with Crippen molar-refractivity contribution >= 4 is 20.0 Å². The molecular weight excluding hydrogens is 354 g/mol.